The van der Waals surface area contributed by atoms with Gasteiger partial charge < -0.3 is 9.94 Å². The Morgan fingerprint density at radius 1 is 1.29 bits per heavy atom. The van der Waals surface area contributed by atoms with E-state index in [1.165, 1.54) is 6.33 Å². The normalized spacial score (nSPS) is 23.7. The number of nitrogens with zero attached hydrogens (tertiary/aromatic N) is 4. The molecule has 0 radical (unpaired) electrons. The summed E-state index contributed by atoms with van der Waals surface area (Å²) in [5, 5.41) is 19.9. The SMILES string of the molecule is CC1(C)ON=C(c2ccc(Cl)cc2)C1(O)Cn1cncn1. The number of oxime groups is 1. The first-order valence-corrected chi connectivity index (χ1v) is 6.87. The number of halogens is 1. The van der Waals surface area contributed by atoms with Crippen LogP contribution in [0.3, 0.4) is 0 Å². The van der Waals surface area contributed by atoms with Gasteiger partial charge in [-0.05, 0) is 26.0 Å². The van der Waals surface area contributed by atoms with Crippen molar-refractivity contribution < 1.29 is 9.94 Å². The Bertz CT molecular complexity index is 667. The van der Waals surface area contributed by atoms with Crippen molar-refractivity contribution in [2.24, 2.45) is 5.16 Å². The van der Waals surface area contributed by atoms with Gasteiger partial charge in [0.1, 0.15) is 18.4 Å². The van der Waals surface area contributed by atoms with Gasteiger partial charge in [0.15, 0.2) is 11.2 Å². The molecule has 2 aromatic rings. The van der Waals surface area contributed by atoms with Gasteiger partial charge in [0.05, 0.1) is 6.54 Å². The van der Waals surface area contributed by atoms with Crippen LogP contribution in [0.5, 0.6) is 0 Å². The van der Waals surface area contributed by atoms with Crippen molar-refractivity contribution in [3.8, 4) is 0 Å². The second-order valence-electron chi connectivity index (χ2n) is 5.50. The molecule has 1 aliphatic heterocycles. The monoisotopic (exact) mass is 306 g/mol. The molecule has 2 heterocycles. The van der Waals surface area contributed by atoms with Crippen LogP contribution in [0.25, 0.3) is 0 Å². The topological polar surface area (TPSA) is 72.5 Å². The summed E-state index contributed by atoms with van der Waals surface area (Å²) in [6.07, 6.45) is 2.97. The van der Waals surface area contributed by atoms with Crippen molar-refractivity contribution >= 4 is 17.3 Å². The van der Waals surface area contributed by atoms with Gasteiger partial charge in [-0.3, -0.25) is 0 Å². The second kappa shape index (κ2) is 4.82. The Hall–Kier alpha value is -1.92. The third-order valence-corrected chi connectivity index (χ3v) is 3.98. The predicted octanol–water partition coefficient (Wildman–Crippen LogP) is 1.88. The van der Waals surface area contributed by atoms with Crippen molar-refractivity contribution in [1.29, 1.82) is 0 Å². The average Bonchev–Trinajstić information content (AvgIpc) is 3.00. The summed E-state index contributed by atoms with van der Waals surface area (Å²) in [5.41, 5.74) is -0.991. The van der Waals surface area contributed by atoms with Crippen LogP contribution < -0.4 is 0 Å². The van der Waals surface area contributed by atoms with Gasteiger partial charge >= 0.3 is 0 Å². The smallest absolute Gasteiger partial charge is 0.171 e. The molecule has 0 spiro atoms. The molecule has 0 saturated heterocycles. The lowest BCUT2D eigenvalue weighted by atomic mass is 9.79. The fourth-order valence-corrected chi connectivity index (χ4v) is 2.44. The lowest BCUT2D eigenvalue weighted by Gasteiger charge is -2.34. The zero-order chi connectivity index (χ0) is 15.1. The van der Waals surface area contributed by atoms with Gasteiger partial charge in [0.25, 0.3) is 0 Å². The number of aliphatic hydroxyl groups is 1. The zero-order valence-corrected chi connectivity index (χ0v) is 12.4. The van der Waals surface area contributed by atoms with Crippen molar-refractivity contribution in [3.05, 3.63) is 47.5 Å². The number of hydrogen-bond acceptors (Lipinski definition) is 5. The van der Waals surface area contributed by atoms with Crippen molar-refractivity contribution in [2.75, 3.05) is 0 Å². The second-order valence-corrected chi connectivity index (χ2v) is 5.94. The largest absolute Gasteiger partial charge is 0.386 e. The zero-order valence-electron chi connectivity index (χ0n) is 11.7. The standard InChI is InChI=1S/C14H15ClN4O2/c1-13(2)14(20,7-19-9-16-8-17-19)12(18-21-13)10-3-5-11(15)6-4-10/h3-6,8-9,20H,7H2,1-2H3. The molecule has 21 heavy (non-hydrogen) atoms. The molecule has 0 fully saturated rings. The first-order chi connectivity index (χ1) is 9.92. The van der Waals surface area contributed by atoms with E-state index in [2.05, 4.69) is 15.2 Å². The lowest BCUT2D eigenvalue weighted by molar-refractivity contribution is -0.110. The molecule has 1 atom stereocenters. The maximum atomic E-state index is 11.2. The van der Waals surface area contributed by atoms with Crippen molar-refractivity contribution in [3.63, 3.8) is 0 Å². The van der Waals surface area contributed by atoms with Gasteiger partial charge in [-0.1, -0.05) is 28.9 Å². The molecular weight excluding hydrogens is 292 g/mol. The number of benzene rings is 1. The van der Waals surface area contributed by atoms with Crippen LogP contribution in [-0.2, 0) is 11.4 Å². The molecule has 1 aliphatic rings. The van der Waals surface area contributed by atoms with Crippen LogP contribution >= 0.6 is 11.6 Å². The molecule has 7 heteroatoms. The highest BCUT2D eigenvalue weighted by atomic mass is 35.5. The van der Waals surface area contributed by atoms with E-state index >= 15 is 0 Å². The van der Waals surface area contributed by atoms with E-state index in [-0.39, 0.29) is 6.54 Å². The third kappa shape index (κ3) is 2.30. The summed E-state index contributed by atoms with van der Waals surface area (Å²) in [5.74, 6) is 0. The average molecular weight is 307 g/mol. The van der Waals surface area contributed by atoms with Crippen LogP contribution in [0.2, 0.25) is 5.02 Å². The summed E-state index contributed by atoms with van der Waals surface area (Å²) in [7, 11) is 0. The van der Waals surface area contributed by atoms with Crippen LogP contribution in [0.1, 0.15) is 19.4 Å². The molecular formula is C14H15ClN4O2. The maximum absolute atomic E-state index is 11.2. The van der Waals surface area contributed by atoms with E-state index in [4.69, 9.17) is 16.4 Å². The van der Waals surface area contributed by atoms with E-state index in [0.29, 0.717) is 10.7 Å². The summed E-state index contributed by atoms with van der Waals surface area (Å²) in [6, 6.07) is 7.11. The Kier molecular flexibility index (Phi) is 3.22. The molecule has 1 aromatic heterocycles. The van der Waals surface area contributed by atoms with E-state index in [9.17, 15) is 5.11 Å². The summed E-state index contributed by atoms with van der Waals surface area (Å²) < 4.78 is 1.56. The Balaban J connectivity index is 2.01. The molecule has 0 aliphatic carbocycles. The Morgan fingerprint density at radius 2 is 2.00 bits per heavy atom. The fourth-order valence-electron chi connectivity index (χ4n) is 2.31. The quantitative estimate of drug-likeness (QED) is 0.939. The van der Waals surface area contributed by atoms with Crippen molar-refractivity contribution in [2.45, 2.75) is 31.6 Å². The van der Waals surface area contributed by atoms with Gasteiger partial charge in [-0.2, -0.15) is 5.10 Å². The summed E-state index contributed by atoms with van der Waals surface area (Å²) in [6.45, 7) is 3.77. The lowest BCUT2D eigenvalue weighted by Crippen LogP contribution is -2.55. The van der Waals surface area contributed by atoms with E-state index in [1.807, 2.05) is 0 Å². The van der Waals surface area contributed by atoms with E-state index in [0.717, 1.165) is 5.56 Å². The summed E-state index contributed by atoms with van der Waals surface area (Å²) >= 11 is 5.90. The predicted molar refractivity (Wildman–Crippen MR) is 78.1 cm³/mol. The van der Waals surface area contributed by atoms with Gasteiger partial charge in [-0.25, -0.2) is 9.67 Å². The Labute approximate surface area is 127 Å². The van der Waals surface area contributed by atoms with Crippen molar-refractivity contribution in [1.82, 2.24) is 14.8 Å². The van der Waals surface area contributed by atoms with E-state index in [1.54, 1.807) is 49.1 Å². The number of hydrogen-bond donors (Lipinski definition) is 1. The maximum Gasteiger partial charge on any atom is 0.171 e. The minimum absolute atomic E-state index is 0.196. The highest BCUT2D eigenvalue weighted by molar-refractivity contribution is 6.30. The highest BCUT2D eigenvalue weighted by Gasteiger charge is 2.55. The van der Waals surface area contributed by atoms with Gasteiger partial charge in [0.2, 0.25) is 0 Å². The van der Waals surface area contributed by atoms with Crippen LogP contribution in [0, 0.1) is 0 Å². The molecule has 1 unspecified atom stereocenters. The van der Waals surface area contributed by atoms with Gasteiger partial charge in [0, 0.05) is 10.6 Å². The molecule has 3 rings (SSSR count). The first-order valence-electron chi connectivity index (χ1n) is 6.50. The van der Waals surface area contributed by atoms with Crippen LogP contribution in [-0.4, -0.2) is 36.8 Å². The molecule has 1 N–H and O–H groups in total. The minimum atomic E-state index is -1.32. The number of aromatic nitrogens is 3. The first kappa shape index (κ1) is 14.0. The van der Waals surface area contributed by atoms with Crippen LogP contribution in [0.15, 0.2) is 42.1 Å². The van der Waals surface area contributed by atoms with Crippen LogP contribution in [0.4, 0.5) is 0 Å². The third-order valence-electron chi connectivity index (χ3n) is 3.73. The molecule has 0 amide bonds. The highest BCUT2D eigenvalue weighted by Crippen LogP contribution is 2.37. The molecule has 6 nitrogen and oxygen atoms in total. The minimum Gasteiger partial charge on any atom is -0.386 e. The molecule has 1 aromatic carbocycles. The fraction of sp³-hybridized carbons (Fsp3) is 0.357. The molecule has 0 saturated carbocycles. The molecule has 110 valence electrons. The molecule has 0 bridgehead atoms. The van der Waals surface area contributed by atoms with Gasteiger partial charge in [-0.15, -0.1) is 0 Å². The number of rotatable bonds is 3. The Morgan fingerprint density at radius 3 is 2.62 bits per heavy atom. The summed E-state index contributed by atoms with van der Waals surface area (Å²) in [4.78, 5) is 9.34. The van der Waals surface area contributed by atoms with E-state index < -0.39 is 11.2 Å².